The summed E-state index contributed by atoms with van der Waals surface area (Å²) < 4.78 is 6.78. The lowest BCUT2D eigenvalue weighted by molar-refractivity contribution is 0.214. The first-order chi connectivity index (χ1) is 8.34. The van der Waals surface area contributed by atoms with Crippen LogP contribution in [0.4, 0.5) is 0 Å². The molecule has 0 bridgehead atoms. The Kier molecular flexibility index (Phi) is 10.7. The minimum absolute atomic E-state index is 0. The first-order valence-corrected chi connectivity index (χ1v) is 6.95. The second kappa shape index (κ2) is 10.7. The summed E-state index contributed by atoms with van der Waals surface area (Å²) in [5, 5.41) is 3.36. The highest BCUT2D eigenvalue weighted by Crippen LogP contribution is 2.16. The van der Waals surface area contributed by atoms with Gasteiger partial charge in [0.25, 0.3) is 0 Å². The van der Waals surface area contributed by atoms with Gasteiger partial charge >= 0.3 is 0 Å². The summed E-state index contributed by atoms with van der Waals surface area (Å²) >= 11 is 3.41. The summed E-state index contributed by atoms with van der Waals surface area (Å²) in [5.41, 5.74) is 0. The van der Waals surface area contributed by atoms with Crippen LogP contribution >= 0.6 is 40.7 Å². The molecule has 0 amide bonds. The molecule has 1 N–H and O–H groups in total. The molecule has 1 aliphatic heterocycles. The summed E-state index contributed by atoms with van der Waals surface area (Å²) in [5.74, 6) is 0.952. The van der Waals surface area contributed by atoms with Gasteiger partial charge in [0.05, 0.1) is 6.61 Å². The van der Waals surface area contributed by atoms with E-state index in [1.165, 1.54) is 0 Å². The van der Waals surface area contributed by atoms with Gasteiger partial charge in [0.1, 0.15) is 5.75 Å². The largest absolute Gasteiger partial charge is 0.494 e. The van der Waals surface area contributed by atoms with E-state index in [2.05, 4.69) is 26.1 Å². The molecule has 0 aliphatic carbocycles. The molecule has 3 nitrogen and oxygen atoms in total. The van der Waals surface area contributed by atoms with Crippen molar-refractivity contribution in [2.24, 2.45) is 0 Å². The molecule has 19 heavy (non-hydrogen) atoms. The maximum absolute atomic E-state index is 5.69. The highest BCUT2D eigenvalue weighted by Gasteiger charge is 2.08. The van der Waals surface area contributed by atoms with E-state index >= 15 is 0 Å². The van der Waals surface area contributed by atoms with Crippen LogP contribution in [0, 0.1) is 0 Å². The Balaban J connectivity index is 0.00000162. The Morgan fingerprint density at radius 1 is 1.11 bits per heavy atom. The van der Waals surface area contributed by atoms with Crippen LogP contribution in [0.25, 0.3) is 0 Å². The third-order valence-corrected chi connectivity index (χ3v) is 3.44. The van der Waals surface area contributed by atoms with Crippen LogP contribution in [-0.4, -0.2) is 44.2 Å². The van der Waals surface area contributed by atoms with Gasteiger partial charge in [-0.05, 0) is 30.7 Å². The van der Waals surface area contributed by atoms with Crippen LogP contribution < -0.4 is 10.1 Å². The zero-order valence-electron chi connectivity index (χ0n) is 10.8. The van der Waals surface area contributed by atoms with Crippen molar-refractivity contribution in [2.45, 2.75) is 6.42 Å². The maximum atomic E-state index is 5.69. The highest BCUT2D eigenvalue weighted by molar-refractivity contribution is 9.10. The second-order valence-corrected chi connectivity index (χ2v) is 5.16. The van der Waals surface area contributed by atoms with Crippen LogP contribution in [0.3, 0.4) is 0 Å². The van der Waals surface area contributed by atoms with Crippen LogP contribution in [0.15, 0.2) is 28.7 Å². The van der Waals surface area contributed by atoms with Crippen molar-refractivity contribution in [1.29, 1.82) is 0 Å². The molecule has 0 unspecified atom stereocenters. The normalized spacial score (nSPS) is 15.2. The second-order valence-electron chi connectivity index (χ2n) is 4.25. The van der Waals surface area contributed by atoms with Crippen molar-refractivity contribution in [2.75, 3.05) is 39.3 Å². The molecule has 1 aromatic rings. The van der Waals surface area contributed by atoms with Gasteiger partial charge in [-0.25, -0.2) is 0 Å². The summed E-state index contributed by atoms with van der Waals surface area (Å²) in [6.45, 7) is 6.50. The Morgan fingerprint density at radius 2 is 1.74 bits per heavy atom. The first-order valence-electron chi connectivity index (χ1n) is 6.16. The molecule has 1 heterocycles. The van der Waals surface area contributed by atoms with Gasteiger partial charge in [-0.15, -0.1) is 24.8 Å². The fourth-order valence-corrected chi connectivity index (χ4v) is 2.21. The molecule has 1 aromatic carbocycles. The van der Waals surface area contributed by atoms with Crippen molar-refractivity contribution in [3.63, 3.8) is 0 Å². The summed E-state index contributed by atoms with van der Waals surface area (Å²) in [7, 11) is 0. The fourth-order valence-electron chi connectivity index (χ4n) is 1.94. The Morgan fingerprint density at radius 3 is 2.37 bits per heavy atom. The van der Waals surface area contributed by atoms with Crippen LogP contribution in [-0.2, 0) is 0 Å². The number of rotatable bonds is 5. The van der Waals surface area contributed by atoms with Gasteiger partial charge < -0.3 is 15.0 Å². The van der Waals surface area contributed by atoms with E-state index in [9.17, 15) is 0 Å². The van der Waals surface area contributed by atoms with E-state index in [-0.39, 0.29) is 24.8 Å². The van der Waals surface area contributed by atoms with Gasteiger partial charge in [-0.3, -0.25) is 0 Å². The van der Waals surface area contributed by atoms with Gasteiger partial charge in [0, 0.05) is 37.2 Å². The van der Waals surface area contributed by atoms with E-state index in [0.717, 1.165) is 56.0 Å². The fraction of sp³-hybridized carbons (Fsp3) is 0.538. The lowest BCUT2D eigenvalue weighted by atomic mass is 10.3. The Labute approximate surface area is 136 Å². The summed E-state index contributed by atoms with van der Waals surface area (Å²) in [6.07, 6.45) is 1.09. The van der Waals surface area contributed by atoms with E-state index in [4.69, 9.17) is 4.74 Å². The number of hydrogen-bond donors (Lipinski definition) is 1. The molecule has 110 valence electrons. The Bertz CT molecular complexity index is 332. The van der Waals surface area contributed by atoms with Crippen molar-refractivity contribution in [3.05, 3.63) is 28.7 Å². The quantitative estimate of drug-likeness (QED) is 0.805. The number of halogens is 3. The number of benzene rings is 1. The third kappa shape index (κ3) is 7.37. The number of piperazine rings is 1. The zero-order chi connectivity index (χ0) is 11.9. The molecule has 1 aliphatic rings. The minimum atomic E-state index is 0. The molecular formula is C13H21BrCl2N2O. The first kappa shape index (κ1) is 19.0. The molecule has 6 heteroatoms. The van der Waals surface area contributed by atoms with Gasteiger partial charge in [-0.1, -0.05) is 15.9 Å². The average molecular weight is 372 g/mol. The van der Waals surface area contributed by atoms with E-state index in [0.29, 0.717) is 0 Å². The lowest BCUT2D eigenvalue weighted by Crippen LogP contribution is -2.43. The maximum Gasteiger partial charge on any atom is 0.119 e. The lowest BCUT2D eigenvalue weighted by Gasteiger charge is -2.26. The smallest absolute Gasteiger partial charge is 0.119 e. The number of hydrogen-bond acceptors (Lipinski definition) is 3. The number of nitrogens with zero attached hydrogens (tertiary/aromatic N) is 1. The summed E-state index contributed by atoms with van der Waals surface area (Å²) in [6, 6.07) is 8.00. The average Bonchev–Trinajstić information content (AvgIpc) is 2.38. The molecule has 1 fully saturated rings. The molecule has 0 radical (unpaired) electrons. The van der Waals surface area contributed by atoms with Crippen molar-refractivity contribution in [1.82, 2.24) is 10.2 Å². The molecule has 0 aromatic heterocycles. The molecule has 1 saturated heterocycles. The van der Waals surface area contributed by atoms with Gasteiger partial charge in [0.2, 0.25) is 0 Å². The zero-order valence-corrected chi connectivity index (χ0v) is 14.0. The minimum Gasteiger partial charge on any atom is -0.494 e. The molecule has 0 spiro atoms. The third-order valence-electron chi connectivity index (χ3n) is 2.91. The van der Waals surface area contributed by atoms with Crippen LogP contribution in [0.5, 0.6) is 5.75 Å². The monoisotopic (exact) mass is 370 g/mol. The topological polar surface area (TPSA) is 24.5 Å². The van der Waals surface area contributed by atoms with E-state index in [1.54, 1.807) is 0 Å². The molecular weight excluding hydrogens is 351 g/mol. The standard InChI is InChI=1S/C13H19BrN2O.2ClH/c14-12-2-4-13(5-3-12)17-11-1-8-16-9-6-15-7-10-16;;/h2-5,15H,1,6-11H2;2*1H. The van der Waals surface area contributed by atoms with Crippen molar-refractivity contribution >= 4 is 40.7 Å². The predicted octanol–water partition coefficient (Wildman–Crippen LogP) is 2.97. The molecule has 0 saturated carbocycles. The number of nitrogens with one attached hydrogen (secondary N) is 1. The van der Waals surface area contributed by atoms with Crippen LogP contribution in [0.2, 0.25) is 0 Å². The summed E-state index contributed by atoms with van der Waals surface area (Å²) in [4.78, 5) is 2.49. The molecule has 2 rings (SSSR count). The SMILES string of the molecule is Brc1ccc(OCCCN2CCNCC2)cc1.Cl.Cl. The van der Waals surface area contributed by atoms with Crippen LogP contribution in [0.1, 0.15) is 6.42 Å². The van der Waals surface area contributed by atoms with Crippen molar-refractivity contribution < 1.29 is 4.74 Å². The molecule has 0 atom stereocenters. The van der Waals surface area contributed by atoms with E-state index < -0.39 is 0 Å². The Hall–Kier alpha value is -0.000000000000000111. The van der Waals surface area contributed by atoms with Crippen molar-refractivity contribution in [3.8, 4) is 5.75 Å². The van der Waals surface area contributed by atoms with Gasteiger partial charge in [0.15, 0.2) is 0 Å². The predicted molar refractivity (Wildman–Crippen MR) is 88.1 cm³/mol. The number of ether oxygens (including phenoxy) is 1. The highest BCUT2D eigenvalue weighted by atomic mass is 79.9. The van der Waals surface area contributed by atoms with E-state index in [1.807, 2.05) is 24.3 Å². The van der Waals surface area contributed by atoms with Gasteiger partial charge in [-0.2, -0.15) is 0 Å².